The molecule has 9 nitrogen and oxygen atoms in total. The van der Waals surface area contributed by atoms with Gasteiger partial charge in [-0.1, -0.05) is 0 Å². The van der Waals surface area contributed by atoms with Crippen LogP contribution < -0.4 is 11.1 Å². The predicted molar refractivity (Wildman–Crippen MR) is 125 cm³/mol. The molecule has 3 N–H and O–H groups in total. The quantitative estimate of drug-likeness (QED) is 0.404. The molecule has 0 bridgehead atoms. The molecule has 0 aliphatic rings. The zero-order chi connectivity index (χ0) is 24.7. The summed E-state index contributed by atoms with van der Waals surface area (Å²) in [5.74, 6) is -1.25. The van der Waals surface area contributed by atoms with Gasteiger partial charge in [-0.15, -0.1) is 11.3 Å². The second-order valence-electron chi connectivity index (χ2n) is 7.81. The minimum atomic E-state index is -2.83. The van der Waals surface area contributed by atoms with E-state index in [0.717, 1.165) is 22.7 Å². The Labute approximate surface area is 197 Å². The van der Waals surface area contributed by atoms with Crippen molar-refractivity contribution in [1.82, 2.24) is 24.5 Å². The lowest BCUT2D eigenvalue weighted by Crippen LogP contribution is -2.25. The Balaban J connectivity index is 1.93. The van der Waals surface area contributed by atoms with E-state index in [-0.39, 0.29) is 15.4 Å². The molecular weight excluding hydrogens is 464 g/mol. The molecule has 0 radical (unpaired) electrons. The lowest BCUT2D eigenvalue weighted by molar-refractivity contribution is -0.119. The zero-order valence-electron chi connectivity index (χ0n) is 19.0. The first kappa shape index (κ1) is 23.5. The van der Waals surface area contributed by atoms with Crippen LogP contribution >= 0.6 is 11.3 Å². The van der Waals surface area contributed by atoms with Crippen LogP contribution in [0.4, 0.5) is 14.5 Å². The average Bonchev–Trinajstić information content (AvgIpc) is 3.49. The topological polar surface area (TPSA) is 121 Å². The molecule has 2 amide bonds. The van der Waals surface area contributed by atoms with Crippen molar-refractivity contribution in [2.75, 3.05) is 5.32 Å². The molecule has 0 fully saturated rings. The van der Waals surface area contributed by atoms with Gasteiger partial charge < -0.3 is 11.1 Å². The maximum absolute atomic E-state index is 13.7. The Bertz CT molecular complexity index is 1410. The second-order valence-corrected chi connectivity index (χ2v) is 8.81. The van der Waals surface area contributed by atoms with Crippen molar-refractivity contribution < 1.29 is 18.4 Å². The highest BCUT2D eigenvalue weighted by Crippen LogP contribution is 2.43. The molecule has 0 aromatic carbocycles. The van der Waals surface area contributed by atoms with Gasteiger partial charge in [0.05, 0.1) is 17.6 Å². The third-order valence-corrected chi connectivity index (χ3v) is 6.69. The molecule has 34 heavy (non-hydrogen) atoms. The number of hydrogen-bond acceptors (Lipinski definition) is 6. The smallest absolute Gasteiger partial charge is 0.280 e. The lowest BCUT2D eigenvalue weighted by Gasteiger charge is -2.14. The number of carbonyl (C=O) groups is 2. The third kappa shape index (κ3) is 4.04. The average molecular weight is 488 g/mol. The van der Waals surface area contributed by atoms with Gasteiger partial charge in [-0.25, -0.2) is 13.8 Å². The van der Waals surface area contributed by atoms with Crippen LogP contribution in [0.5, 0.6) is 0 Å². The van der Waals surface area contributed by atoms with Crippen molar-refractivity contribution in [3.05, 3.63) is 46.5 Å². The molecule has 0 saturated heterocycles. The monoisotopic (exact) mass is 487 g/mol. The minimum absolute atomic E-state index is 0.0212. The zero-order valence-corrected chi connectivity index (χ0v) is 19.8. The summed E-state index contributed by atoms with van der Waals surface area (Å²) in [6, 6.07) is 2.33. The van der Waals surface area contributed by atoms with Crippen molar-refractivity contribution in [3.63, 3.8) is 0 Å². The molecule has 1 atom stereocenters. The van der Waals surface area contributed by atoms with E-state index in [0.29, 0.717) is 23.1 Å². The van der Waals surface area contributed by atoms with E-state index in [1.807, 2.05) is 13.8 Å². The van der Waals surface area contributed by atoms with Crippen molar-refractivity contribution in [2.45, 2.75) is 46.7 Å². The Hall–Kier alpha value is -3.67. The van der Waals surface area contributed by atoms with E-state index in [1.165, 1.54) is 10.7 Å². The normalized spacial score (nSPS) is 12.4. The summed E-state index contributed by atoms with van der Waals surface area (Å²) < 4.78 is 30.6. The SMILES string of the molecule is CCn1ncc(-c2cc(C(F)F)nc3sc(C(N)=O)c(NC(=O)C(C)n4ccc(C)n4)c23)c1C. The lowest BCUT2D eigenvalue weighted by atomic mass is 10.0. The molecule has 12 heteroatoms. The van der Waals surface area contributed by atoms with Gasteiger partial charge in [0.1, 0.15) is 21.4 Å². The number of fused-ring (bicyclic) bond motifs is 1. The Morgan fingerprint density at radius 3 is 2.56 bits per heavy atom. The number of aromatic nitrogens is 5. The number of nitrogens with zero attached hydrogens (tertiary/aromatic N) is 5. The molecule has 4 rings (SSSR count). The molecule has 0 aliphatic heterocycles. The van der Waals surface area contributed by atoms with E-state index in [4.69, 9.17) is 5.73 Å². The maximum Gasteiger partial charge on any atom is 0.280 e. The number of nitrogens with two attached hydrogens (primary N) is 1. The van der Waals surface area contributed by atoms with Crippen LogP contribution in [0, 0.1) is 13.8 Å². The van der Waals surface area contributed by atoms with Crippen LogP contribution in [-0.2, 0) is 11.3 Å². The van der Waals surface area contributed by atoms with Gasteiger partial charge in [-0.2, -0.15) is 10.2 Å². The first-order valence-corrected chi connectivity index (χ1v) is 11.3. The van der Waals surface area contributed by atoms with E-state index >= 15 is 0 Å². The highest BCUT2D eigenvalue weighted by molar-refractivity contribution is 7.21. The van der Waals surface area contributed by atoms with Crippen LogP contribution in [0.3, 0.4) is 0 Å². The van der Waals surface area contributed by atoms with Crippen molar-refractivity contribution in [3.8, 4) is 11.1 Å². The number of pyridine rings is 1. The minimum Gasteiger partial charge on any atom is -0.365 e. The van der Waals surface area contributed by atoms with Gasteiger partial charge in [0.25, 0.3) is 12.3 Å². The highest BCUT2D eigenvalue weighted by atomic mass is 32.1. The van der Waals surface area contributed by atoms with E-state index in [9.17, 15) is 18.4 Å². The molecule has 4 aromatic rings. The number of nitrogens with one attached hydrogen (secondary N) is 1. The Morgan fingerprint density at radius 1 is 1.26 bits per heavy atom. The molecule has 178 valence electrons. The molecule has 4 aromatic heterocycles. The number of carbonyl (C=O) groups excluding carboxylic acids is 2. The van der Waals surface area contributed by atoms with Gasteiger partial charge in [-0.05, 0) is 45.4 Å². The third-order valence-electron chi connectivity index (χ3n) is 5.59. The van der Waals surface area contributed by atoms with Crippen LogP contribution in [0.1, 0.15) is 53.1 Å². The standard InChI is InChI=1S/C22H23F2N7O2S/c1-5-30-11(3)14(9-26-30)13-8-15(19(23)24)27-22-16(13)17(18(34-22)20(25)32)28-21(33)12(4)31-7-6-10(2)29-31/h6-9,12,19H,5H2,1-4H3,(H2,25,32)(H,28,33). The first-order valence-electron chi connectivity index (χ1n) is 10.5. The molecule has 1 unspecified atom stereocenters. The fraction of sp³-hybridized carbons (Fsp3) is 0.318. The van der Waals surface area contributed by atoms with Crippen LogP contribution in [-0.4, -0.2) is 36.4 Å². The summed E-state index contributed by atoms with van der Waals surface area (Å²) in [4.78, 5) is 29.6. The molecule has 0 aliphatic carbocycles. The second kappa shape index (κ2) is 8.93. The van der Waals surface area contributed by atoms with Gasteiger partial charge in [0.2, 0.25) is 5.91 Å². The number of hydrogen-bond donors (Lipinski definition) is 2. The highest BCUT2D eigenvalue weighted by Gasteiger charge is 2.27. The number of primary amides is 1. The summed E-state index contributed by atoms with van der Waals surface area (Å²) >= 11 is 0.861. The summed E-state index contributed by atoms with van der Waals surface area (Å²) in [6.07, 6.45) is 0.417. The number of thiophene rings is 1. The number of halogens is 2. The van der Waals surface area contributed by atoms with Crippen molar-refractivity contribution in [1.29, 1.82) is 0 Å². The summed E-state index contributed by atoms with van der Waals surface area (Å²) in [5, 5.41) is 11.7. The fourth-order valence-electron chi connectivity index (χ4n) is 3.76. The summed E-state index contributed by atoms with van der Waals surface area (Å²) in [5.41, 5.74) is 7.77. The summed E-state index contributed by atoms with van der Waals surface area (Å²) in [7, 11) is 0. The van der Waals surface area contributed by atoms with Gasteiger partial charge in [-0.3, -0.25) is 19.0 Å². The van der Waals surface area contributed by atoms with E-state index in [2.05, 4.69) is 20.5 Å². The van der Waals surface area contributed by atoms with Crippen LogP contribution in [0.2, 0.25) is 0 Å². The number of amides is 2. The fourth-order valence-corrected chi connectivity index (χ4v) is 4.77. The van der Waals surface area contributed by atoms with Gasteiger partial charge in [0, 0.05) is 29.4 Å². The molecule has 4 heterocycles. The Kier molecular flexibility index (Phi) is 6.17. The molecule has 0 spiro atoms. The number of rotatable bonds is 7. The van der Waals surface area contributed by atoms with Crippen molar-refractivity contribution >= 4 is 39.1 Å². The van der Waals surface area contributed by atoms with Crippen LogP contribution in [0.15, 0.2) is 24.5 Å². The number of aryl methyl sites for hydroxylation is 2. The Morgan fingerprint density at radius 2 is 2.00 bits per heavy atom. The maximum atomic E-state index is 13.7. The van der Waals surface area contributed by atoms with E-state index in [1.54, 1.807) is 37.0 Å². The van der Waals surface area contributed by atoms with Crippen LogP contribution in [0.25, 0.3) is 21.3 Å². The number of alkyl halides is 2. The van der Waals surface area contributed by atoms with Crippen molar-refractivity contribution in [2.24, 2.45) is 5.73 Å². The summed E-state index contributed by atoms with van der Waals surface area (Å²) in [6.45, 7) is 7.78. The number of anilines is 1. The molecule has 0 saturated carbocycles. The van der Waals surface area contributed by atoms with Gasteiger partial charge >= 0.3 is 0 Å². The van der Waals surface area contributed by atoms with Gasteiger partial charge in [0.15, 0.2) is 0 Å². The predicted octanol–water partition coefficient (Wildman–Crippen LogP) is 4.23. The largest absolute Gasteiger partial charge is 0.365 e. The molecular formula is C22H23F2N7O2S. The first-order chi connectivity index (χ1) is 16.1. The van der Waals surface area contributed by atoms with E-state index < -0.39 is 30.0 Å².